The molecule has 0 aromatic heterocycles. The van der Waals surface area contributed by atoms with Crippen molar-refractivity contribution in [3.8, 4) is 0 Å². The number of amides is 1. The lowest BCUT2D eigenvalue weighted by Crippen LogP contribution is -2.33. The van der Waals surface area contributed by atoms with Gasteiger partial charge in [0.1, 0.15) is 0 Å². The fourth-order valence-corrected chi connectivity index (χ4v) is 4.67. The first-order valence-electron chi connectivity index (χ1n) is 10.2. The summed E-state index contributed by atoms with van der Waals surface area (Å²) in [6.45, 7) is 0.828. The zero-order valence-electron chi connectivity index (χ0n) is 16.3. The lowest BCUT2D eigenvalue weighted by Gasteiger charge is -2.18. The summed E-state index contributed by atoms with van der Waals surface area (Å²) in [6.07, 6.45) is 4.17. The van der Waals surface area contributed by atoms with Gasteiger partial charge in [-0.1, -0.05) is 58.4 Å². The molecule has 2 fully saturated rings. The van der Waals surface area contributed by atoms with Crippen LogP contribution in [0.4, 0.5) is 0 Å². The molecule has 4 atom stereocenters. The van der Waals surface area contributed by atoms with Crippen LogP contribution in [0.5, 0.6) is 0 Å². The van der Waals surface area contributed by atoms with Gasteiger partial charge in [0.05, 0.1) is 0 Å². The fourth-order valence-electron chi connectivity index (χ4n) is 4.26. The number of benzene rings is 2. The van der Waals surface area contributed by atoms with E-state index in [1.165, 1.54) is 11.1 Å². The predicted molar refractivity (Wildman–Crippen MR) is 116 cm³/mol. The molecule has 1 amide bonds. The van der Waals surface area contributed by atoms with Crippen molar-refractivity contribution in [2.24, 2.45) is 5.92 Å². The number of nitrogens with zero attached hydrogens (tertiary/aromatic N) is 1. The minimum absolute atomic E-state index is 0.160. The van der Waals surface area contributed by atoms with Gasteiger partial charge < -0.3 is 4.90 Å². The van der Waals surface area contributed by atoms with Gasteiger partial charge in [0.2, 0.25) is 5.91 Å². The minimum atomic E-state index is 0.160. The molecule has 4 rings (SSSR count). The van der Waals surface area contributed by atoms with E-state index in [0.29, 0.717) is 23.9 Å². The van der Waals surface area contributed by atoms with Crippen LogP contribution in [0, 0.1) is 5.92 Å². The van der Waals surface area contributed by atoms with Crippen molar-refractivity contribution in [1.29, 1.82) is 0 Å². The summed E-state index contributed by atoms with van der Waals surface area (Å²) in [4.78, 5) is 14.7. The van der Waals surface area contributed by atoms with E-state index in [1.54, 1.807) is 0 Å². The summed E-state index contributed by atoms with van der Waals surface area (Å²) < 4.78 is 1.09. The van der Waals surface area contributed by atoms with Crippen LogP contribution in [-0.4, -0.2) is 30.4 Å². The first-order chi connectivity index (χ1) is 13.6. The molecule has 2 aromatic carbocycles. The monoisotopic (exact) mass is 441 g/mol. The molecule has 28 heavy (non-hydrogen) atoms. The third kappa shape index (κ3) is 4.65. The van der Waals surface area contributed by atoms with Gasteiger partial charge in [0.25, 0.3) is 0 Å². The lowest BCUT2D eigenvalue weighted by atomic mass is 10.00. The van der Waals surface area contributed by atoms with Gasteiger partial charge in [-0.2, -0.15) is 0 Å². The van der Waals surface area contributed by atoms with Gasteiger partial charge in [-0.3, -0.25) is 15.6 Å². The summed E-state index contributed by atoms with van der Waals surface area (Å²) in [5.74, 6) is 0.845. The van der Waals surface area contributed by atoms with Crippen molar-refractivity contribution in [1.82, 2.24) is 15.8 Å². The largest absolute Gasteiger partial charge is 0.346 e. The maximum atomic E-state index is 12.7. The molecule has 1 saturated carbocycles. The molecule has 4 unspecified atom stereocenters. The number of rotatable bonds is 7. The van der Waals surface area contributed by atoms with E-state index < -0.39 is 0 Å². The van der Waals surface area contributed by atoms with E-state index in [0.717, 1.165) is 36.7 Å². The molecule has 5 heteroatoms. The third-order valence-electron chi connectivity index (χ3n) is 5.99. The molecule has 0 bridgehead atoms. The van der Waals surface area contributed by atoms with Crippen LogP contribution < -0.4 is 10.9 Å². The van der Waals surface area contributed by atoms with Gasteiger partial charge >= 0.3 is 0 Å². The maximum absolute atomic E-state index is 12.7. The molecular weight excluding hydrogens is 414 g/mol. The highest BCUT2D eigenvalue weighted by Gasteiger charge is 2.45. The van der Waals surface area contributed by atoms with Crippen molar-refractivity contribution in [2.45, 2.75) is 43.7 Å². The Kier molecular flexibility index (Phi) is 6.14. The van der Waals surface area contributed by atoms with Gasteiger partial charge in [-0.15, -0.1) is 0 Å². The summed E-state index contributed by atoms with van der Waals surface area (Å²) in [7, 11) is 1.95. The molecule has 1 aliphatic carbocycles. The Morgan fingerprint density at radius 3 is 2.64 bits per heavy atom. The number of carbonyl (C=O) groups excluding carboxylic acids is 1. The molecule has 1 aliphatic heterocycles. The molecule has 0 radical (unpaired) electrons. The quantitative estimate of drug-likeness (QED) is 0.668. The Bertz CT molecular complexity index is 813. The molecule has 2 N–H and O–H groups in total. The van der Waals surface area contributed by atoms with Crippen molar-refractivity contribution in [2.75, 3.05) is 13.6 Å². The molecule has 1 saturated heterocycles. The van der Waals surface area contributed by atoms with Crippen LogP contribution in [0.1, 0.15) is 48.8 Å². The lowest BCUT2D eigenvalue weighted by molar-refractivity contribution is -0.131. The van der Waals surface area contributed by atoms with Gasteiger partial charge in [-0.25, -0.2) is 0 Å². The van der Waals surface area contributed by atoms with Gasteiger partial charge in [0, 0.05) is 36.1 Å². The van der Waals surface area contributed by atoms with Crippen LogP contribution in [0.2, 0.25) is 0 Å². The molecule has 0 spiro atoms. The number of hydrazine groups is 1. The summed E-state index contributed by atoms with van der Waals surface area (Å²) in [6, 6.07) is 19.8. The zero-order valence-corrected chi connectivity index (χ0v) is 17.9. The van der Waals surface area contributed by atoms with Crippen molar-refractivity contribution < 1.29 is 4.79 Å². The average Bonchev–Trinajstić information content (AvgIpc) is 3.38. The first-order valence-corrected chi connectivity index (χ1v) is 11.0. The van der Waals surface area contributed by atoms with E-state index in [2.05, 4.69) is 69.2 Å². The number of carbonyl (C=O) groups is 1. The minimum Gasteiger partial charge on any atom is -0.346 e. The number of halogens is 1. The fraction of sp³-hybridized carbons (Fsp3) is 0.435. The Morgan fingerprint density at radius 1 is 1.07 bits per heavy atom. The highest BCUT2D eigenvalue weighted by molar-refractivity contribution is 9.10. The average molecular weight is 442 g/mol. The summed E-state index contributed by atoms with van der Waals surface area (Å²) in [5.41, 5.74) is 9.43. The van der Waals surface area contributed by atoms with E-state index in [-0.39, 0.29) is 5.92 Å². The third-order valence-corrected chi connectivity index (χ3v) is 6.48. The molecule has 2 aliphatic rings. The Morgan fingerprint density at radius 2 is 1.86 bits per heavy atom. The predicted octanol–water partition coefficient (Wildman–Crippen LogP) is 4.40. The van der Waals surface area contributed by atoms with Gasteiger partial charge in [0.15, 0.2) is 0 Å². The normalized spacial score (nSPS) is 26.2. The van der Waals surface area contributed by atoms with E-state index in [1.807, 2.05) is 24.1 Å². The molecule has 1 heterocycles. The second kappa shape index (κ2) is 8.76. The highest BCUT2D eigenvalue weighted by atomic mass is 79.9. The van der Waals surface area contributed by atoms with Crippen molar-refractivity contribution in [3.05, 3.63) is 70.2 Å². The van der Waals surface area contributed by atoms with Crippen LogP contribution in [-0.2, 0) is 4.79 Å². The topological polar surface area (TPSA) is 44.4 Å². The second-order valence-electron chi connectivity index (χ2n) is 8.09. The van der Waals surface area contributed by atoms with Crippen LogP contribution in [0.25, 0.3) is 0 Å². The number of hydrogen-bond donors (Lipinski definition) is 2. The highest BCUT2D eigenvalue weighted by Crippen LogP contribution is 2.48. The number of hydrogen-bond acceptors (Lipinski definition) is 3. The Balaban J connectivity index is 1.19. The van der Waals surface area contributed by atoms with Crippen molar-refractivity contribution in [3.63, 3.8) is 0 Å². The standard InChI is InChI=1S/C23H28BrN3O/c1-27(23(28)21-15-20(21)17-9-5-10-18(24)13-17)12-6-11-19-14-22(26-25-19)16-7-3-2-4-8-16/h2-5,7-10,13,19-22,25-26H,6,11-12,14-15H2,1H3. The van der Waals surface area contributed by atoms with Crippen LogP contribution in [0.15, 0.2) is 59.1 Å². The smallest absolute Gasteiger partial charge is 0.226 e. The second-order valence-corrected chi connectivity index (χ2v) is 9.01. The maximum Gasteiger partial charge on any atom is 0.226 e. The molecule has 2 aromatic rings. The van der Waals surface area contributed by atoms with Gasteiger partial charge in [-0.05, 0) is 54.9 Å². The van der Waals surface area contributed by atoms with Crippen LogP contribution in [0.3, 0.4) is 0 Å². The van der Waals surface area contributed by atoms with Crippen molar-refractivity contribution >= 4 is 21.8 Å². The van der Waals surface area contributed by atoms with E-state index >= 15 is 0 Å². The first kappa shape index (κ1) is 19.6. The SMILES string of the molecule is CN(CCCC1CC(c2ccccc2)NN1)C(=O)C1CC1c1cccc(Br)c1. The van der Waals surface area contributed by atoms with Crippen LogP contribution >= 0.6 is 15.9 Å². The Hall–Kier alpha value is -1.69. The van der Waals surface area contributed by atoms with E-state index in [9.17, 15) is 4.79 Å². The molecule has 4 nitrogen and oxygen atoms in total. The number of nitrogens with one attached hydrogen (secondary N) is 2. The molecule has 148 valence electrons. The van der Waals surface area contributed by atoms with E-state index in [4.69, 9.17) is 0 Å². The zero-order chi connectivity index (χ0) is 19.5. The molecular formula is C23H28BrN3O. The Labute approximate surface area is 175 Å². The summed E-state index contributed by atoms with van der Waals surface area (Å²) in [5, 5.41) is 0. The summed E-state index contributed by atoms with van der Waals surface area (Å²) >= 11 is 3.52.